The number of nitrogens with one attached hydrogen (secondary N) is 1. The Kier molecular flexibility index (Phi) is 3.86. The summed E-state index contributed by atoms with van der Waals surface area (Å²) >= 11 is 0. The second-order valence-corrected chi connectivity index (χ2v) is 7.14. The summed E-state index contributed by atoms with van der Waals surface area (Å²) in [7, 11) is 1.86. The fourth-order valence-electron chi connectivity index (χ4n) is 3.40. The van der Waals surface area contributed by atoms with Crippen LogP contribution in [0.5, 0.6) is 0 Å². The van der Waals surface area contributed by atoms with Gasteiger partial charge in [0.05, 0.1) is 17.7 Å². The van der Waals surface area contributed by atoms with Crippen molar-refractivity contribution >= 4 is 17.6 Å². The third kappa shape index (κ3) is 2.95. The predicted octanol–water partition coefficient (Wildman–Crippen LogP) is 0.527. The van der Waals surface area contributed by atoms with E-state index in [0.717, 1.165) is 24.6 Å². The van der Waals surface area contributed by atoms with Gasteiger partial charge < -0.3 is 15.1 Å². The molecule has 2 saturated heterocycles. The Balaban J connectivity index is 1.29. The first-order valence-corrected chi connectivity index (χ1v) is 8.74. The molecule has 3 fully saturated rings. The Morgan fingerprint density at radius 1 is 1.25 bits per heavy atom. The lowest BCUT2D eigenvalue weighted by Gasteiger charge is -2.45. The summed E-state index contributed by atoms with van der Waals surface area (Å²) in [6.45, 7) is 2.05. The second-order valence-electron chi connectivity index (χ2n) is 7.14. The highest BCUT2D eigenvalue weighted by Crippen LogP contribution is 2.38. The van der Waals surface area contributed by atoms with Crippen molar-refractivity contribution < 1.29 is 9.59 Å². The number of likely N-dealkylation sites (N-methyl/N-ethyl adjacent to an activating group) is 1. The van der Waals surface area contributed by atoms with Crippen molar-refractivity contribution in [1.29, 1.82) is 0 Å². The summed E-state index contributed by atoms with van der Waals surface area (Å²) in [5.74, 6) is 1.61. The molecule has 2 amide bonds. The van der Waals surface area contributed by atoms with Gasteiger partial charge in [-0.25, -0.2) is 0 Å². The van der Waals surface area contributed by atoms with Crippen LogP contribution in [0.3, 0.4) is 0 Å². The van der Waals surface area contributed by atoms with Crippen LogP contribution >= 0.6 is 0 Å². The van der Waals surface area contributed by atoms with Gasteiger partial charge in [-0.2, -0.15) is 5.10 Å². The van der Waals surface area contributed by atoms with Crippen LogP contribution < -0.4 is 10.2 Å². The zero-order chi connectivity index (χ0) is 16.7. The molecule has 0 spiro atoms. The molecular formula is C17H23N5O2. The molecule has 0 bridgehead atoms. The highest BCUT2D eigenvalue weighted by Gasteiger charge is 2.36. The van der Waals surface area contributed by atoms with Gasteiger partial charge in [-0.15, -0.1) is 5.10 Å². The normalized spacial score (nSPS) is 24.3. The number of rotatable bonds is 4. The maximum absolute atomic E-state index is 12.5. The molecule has 128 valence electrons. The number of amides is 2. The minimum Gasteiger partial charge on any atom is -0.355 e. The zero-order valence-electron chi connectivity index (χ0n) is 13.9. The minimum atomic E-state index is -0.0839. The van der Waals surface area contributed by atoms with Crippen molar-refractivity contribution in [2.45, 2.75) is 37.6 Å². The number of carbonyl (C=O) groups is 2. The lowest BCUT2D eigenvalue weighted by molar-refractivity contribution is -0.138. The number of hydrogen-bond acceptors (Lipinski definition) is 5. The van der Waals surface area contributed by atoms with Crippen molar-refractivity contribution in [2.24, 2.45) is 5.92 Å². The average Bonchev–Trinajstić information content (AvgIpc) is 3.39. The summed E-state index contributed by atoms with van der Waals surface area (Å²) in [5.41, 5.74) is 1.10. The van der Waals surface area contributed by atoms with Crippen molar-refractivity contribution in [3.63, 3.8) is 0 Å². The summed E-state index contributed by atoms with van der Waals surface area (Å²) in [6, 6.07) is 4.32. The van der Waals surface area contributed by atoms with E-state index in [9.17, 15) is 9.59 Å². The quantitative estimate of drug-likeness (QED) is 0.872. The van der Waals surface area contributed by atoms with Crippen LogP contribution in [-0.2, 0) is 9.59 Å². The molecular weight excluding hydrogens is 306 g/mol. The molecule has 1 aliphatic carbocycles. The molecule has 0 aromatic carbocycles. The van der Waals surface area contributed by atoms with Gasteiger partial charge in [-0.3, -0.25) is 9.59 Å². The third-order valence-corrected chi connectivity index (χ3v) is 5.36. The first-order chi connectivity index (χ1) is 11.6. The largest absolute Gasteiger partial charge is 0.355 e. The molecule has 1 N–H and O–H groups in total. The molecule has 7 nitrogen and oxygen atoms in total. The monoisotopic (exact) mass is 329 g/mol. The second kappa shape index (κ2) is 6.03. The van der Waals surface area contributed by atoms with Gasteiger partial charge in [0, 0.05) is 39.0 Å². The first-order valence-electron chi connectivity index (χ1n) is 8.74. The van der Waals surface area contributed by atoms with Gasteiger partial charge in [0.1, 0.15) is 0 Å². The fraction of sp³-hybridized carbons (Fsp3) is 0.647. The Labute approximate surface area is 141 Å². The molecule has 1 saturated carbocycles. The van der Waals surface area contributed by atoms with E-state index in [4.69, 9.17) is 0 Å². The topological polar surface area (TPSA) is 78.4 Å². The Bertz CT molecular complexity index is 627. The van der Waals surface area contributed by atoms with Crippen LogP contribution in [0, 0.1) is 5.92 Å². The molecule has 1 aromatic heterocycles. The van der Waals surface area contributed by atoms with Crippen molar-refractivity contribution in [3.05, 3.63) is 17.8 Å². The van der Waals surface area contributed by atoms with Crippen molar-refractivity contribution in [1.82, 2.24) is 20.4 Å². The molecule has 1 unspecified atom stereocenters. The van der Waals surface area contributed by atoms with Crippen molar-refractivity contribution in [2.75, 3.05) is 31.6 Å². The van der Waals surface area contributed by atoms with Gasteiger partial charge in [-0.1, -0.05) is 0 Å². The zero-order valence-corrected chi connectivity index (χ0v) is 13.9. The average molecular weight is 329 g/mol. The van der Waals surface area contributed by atoms with Gasteiger partial charge in [0.25, 0.3) is 0 Å². The lowest BCUT2D eigenvalue weighted by Crippen LogP contribution is -2.61. The van der Waals surface area contributed by atoms with Crippen LogP contribution in [0.15, 0.2) is 12.1 Å². The maximum atomic E-state index is 12.5. The SMILES string of the molecule is CN(C(=O)C1CCC(=O)NC1)C1CN(c2ccc(C3CC3)nn2)C1. The Hall–Kier alpha value is -2.18. The standard InChI is InChI=1S/C17H23N5O2/c1-21(17(24)12-4-7-16(23)18-8-12)13-9-22(10-13)15-6-5-14(19-20-15)11-2-3-11/h5-6,11-13H,2-4,7-10H2,1H3,(H,18,23). The number of hydrogen-bond donors (Lipinski definition) is 1. The Morgan fingerprint density at radius 3 is 2.62 bits per heavy atom. The molecule has 1 aromatic rings. The van der Waals surface area contributed by atoms with E-state index in [2.05, 4.69) is 26.5 Å². The molecule has 3 heterocycles. The molecule has 2 aliphatic heterocycles. The van der Waals surface area contributed by atoms with Crippen LogP contribution in [0.2, 0.25) is 0 Å². The lowest BCUT2D eigenvalue weighted by atomic mass is 9.96. The summed E-state index contributed by atoms with van der Waals surface area (Å²) in [4.78, 5) is 27.7. The van der Waals surface area contributed by atoms with E-state index in [0.29, 0.717) is 25.3 Å². The molecule has 24 heavy (non-hydrogen) atoms. The van der Waals surface area contributed by atoms with E-state index in [1.54, 1.807) is 0 Å². The predicted molar refractivity (Wildman–Crippen MR) is 88.5 cm³/mol. The van der Waals surface area contributed by atoms with Gasteiger partial charge >= 0.3 is 0 Å². The highest BCUT2D eigenvalue weighted by molar-refractivity contribution is 5.84. The summed E-state index contributed by atoms with van der Waals surface area (Å²) in [6.07, 6.45) is 3.56. The number of carbonyl (C=O) groups excluding carboxylic acids is 2. The van der Waals surface area contributed by atoms with Gasteiger partial charge in [-0.05, 0) is 31.4 Å². The third-order valence-electron chi connectivity index (χ3n) is 5.36. The van der Waals surface area contributed by atoms with Crippen LogP contribution in [0.4, 0.5) is 5.82 Å². The van der Waals surface area contributed by atoms with E-state index < -0.39 is 0 Å². The molecule has 1 atom stereocenters. The van der Waals surface area contributed by atoms with E-state index in [1.807, 2.05) is 18.0 Å². The van der Waals surface area contributed by atoms with E-state index in [-0.39, 0.29) is 23.8 Å². The number of piperidine rings is 1. The highest BCUT2D eigenvalue weighted by atomic mass is 16.2. The Morgan fingerprint density at radius 2 is 2.04 bits per heavy atom. The molecule has 3 aliphatic rings. The molecule has 0 radical (unpaired) electrons. The first kappa shape index (κ1) is 15.4. The van der Waals surface area contributed by atoms with Crippen LogP contribution in [-0.4, -0.2) is 59.6 Å². The molecule has 4 rings (SSSR count). The maximum Gasteiger partial charge on any atom is 0.227 e. The number of anilines is 1. The summed E-state index contributed by atoms with van der Waals surface area (Å²) in [5, 5.41) is 11.4. The smallest absolute Gasteiger partial charge is 0.227 e. The van der Waals surface area contributed by atoms with Crippen molar-refractivity contribution in [3.8, 4) is 0 Å². The minimum absolute atomic E-state index is 0.0461. The van der Waals surface area contributed by atoms with E-state index in [1.165, 1.54) is 12.8 Å². The number of aromatic nitrogens is 2. The molecule has 7 heteroatoms. The van der Waals surface area contributed by atoms with Gasteiger partial charge in [0.15, 0.2) is 5.82 Å². The van der Waals surface area contributed by atoms with Gasteiger partial charge in [0.2, 0.25) is 11.8 Å². The fourth-order valence-corrected chi connectivity index (χ4v) is 3.40. The number of nitrogens with zero attached hydrogens (tertiary/aromatic N) is 4. The summed E-state index contributed by atoms with van der Waals surface area (Å²) < 4.78 is 0. The van der Waals surface area contributed by atoms with Crippen LogP contribution in [0.25, 0.3) is 0 Å². The van der Waals surface area contributed by atoms with E-state index >= 15 is 0 Å². The van der Waals surface area contributed by atoms with Crippen LogP contribution in [0.1, 0.15) is 37.3 Å².